The number of anilines is 1. The maximum absolute atomic E-state index is 14.3. The Morgan fingerprint density at radius 3 is 2.43 bits per heavy atom. The molecule has 2 atom stereocenters. The summed E-state index contributed by atoms with van der Waals surface area (Å²) < 4.78 is 82.4. The van der Waals surface area contributed by atoms with Gasteiger partial charge in [-0.3, -0.25) is 14.4 Å². The van der Waals surface area contributed by atoms with Crippen LogP contribution in [0.15, 0.2) is 30.6 Å². The Balaban J connectivity index is 1.57. The highest BCUT2D eigenvalue weighted by Crippen LogP contribution is 2.49. The Morgan fingerprint density at radius 1 is 1.17 bits per heavy atom. The van der Waals surface area contributed by atoms with Gasteiger partial charge in [-0.1, -0.05) is 11.6 Å². The number of carbonyl (C=O) groups excluding carboxylic acids is 2. The molecule has 188 valence electrons. The SMILES string of the molecule is O=C(NC1CONC1=O)c1cnc(N2CCC(c3cc(Cl)cc(C(F)(F)F)c3)(C(F)(F)F)C2)nc1. The third-order valence-electron chi connectivity index (χ3n) is 5.82. The second kappa shape index (κ2) is 8.82. The van der Waals surface area contributed by atoms with Crippen molar-refractivity contribution in [2.75, 3.05) is 24.6 Å². The van der Waals surface area contributed by atoms with Crippen LogP contribution in [-0.4, -0.2) is 53.7 Å². The minimum absolute atomic E-state index is 0.0561. The molecular formula is C20H16ClF6N5O3. The van der Waals surface area contributed by atoms with Gasteiger partial charge < -0.3 is 10.2 Å². The summed E-state index contributed by atoms with van der Waals surface area (Å²) in [6.07, 6.45) is -8.20. The summed E-state index contributed by atoms with van der Waals surface area (Å²) >= 11 is 5.74. The average Bonchev–Trinajstić information content (AvgIpc) is 3.40. The first-order valence-corrected chi connectivity index (χ1v) is 10.4. The van der Waals surface area contributed by atoms with Gasteiger partial charge in [-0.15, -0.1) is 0 Å². The van der Waals surface area contributed by atoms with Gasteiger partial charge in [0.1, 0.15) is 18.1 Å². The smallest absolute Gasteiger partial charge is 0.340 e. The summed E-state index contributed by atoms with van der Waals surface area (Å²) in [5, 5.41) is 1.92. The normalized spacial score (nSPS) is 22.9. The predicted molar refractivity (Wildman–Crippen MR) is 108 cm³/mol. The second-order valence-electron chi connectivity index (χ2n) is 8.05. The van der Waals surface area contributed by atoms with E-state index in [0.29, 0.717) is 12.1 Å². The minimum Gasteiger partial charge on any atom is -0.340 e. The third kappa shape index (κ3) is 4.85. The number of hydrogen-bond donors (Lipinski definition) is 2. The van der Waals surface area contributed by atoms with Crippen LogP contribution in [0.3, 0.4) is 0 Å². The quantitative estimate of drug-likeness (QED) is 0.598. The summed E-state index contributed by atoms with van der Waals surface area (Å²) in [5.41, 5.74) is -2.53. The summed E-state index contributed by atoms with van der Waals surface area (Å²) in [7, 11) is 0. The zero-order chi connectivity index (χ0) is 25.6. The lowest BCUT2D eigenvalue weighted by molar-refractivity contribution is -0.184. The van der Waals surface area contributed by atoms with E-state index in [-0.39, 0.29) is 24.7 Å². The lowest BCUT2D eigenvalue weighted by atomic mass is 9.78. The fourth-order valence-electron chi connectivity index (χ4n) is 3.93. The van der Waals surface area contributed by atoms with E-state index in [4.69, 9.17) is 16.4 Å². The molecule has 2 unspecified atom stereocenters. The molecule has 8 nitrogen and oxygen atoms in total. The van der Waals surface area contributed by atoms with Crippen LogP contribution < -0.4 is 15.7 Å². The lowest BCUT2D eigenvalue weighted by Crippen LogP contribution is -2.45. The zero-order valence-electron chi connectivity index (χ0n) is 17.5. The number of hydrogen-bond acceptors (Lipinski definition) is 6. The number of alkyl halides is 6. The fourth-order valence-corrected chi connectivity index (χ4v) is 4.17. The molecule has 2 aliphatic heterocycles. The molecule has 2 saturated heterocycles. The first kappa shape index (κ1) is 25.0. The molecule has 2 aliphatic rings. The van der Waals surface area contributed by atoms with Gasteiger partial charge in [0.15, 0.2) is 0 Å². The summed E-state index contributed by atoms with van der Waals surface area (Å²) in [6, 6.07) is 0.980. The Labute approximate surface area is 198 Å². The van der Waals surface area contributed by atoms with Crippen LogP contribution in [0.4, 0.5) is 32.3 Å². The van der Waals surface area contributed by atoms with Crippen LogP contribution in [0.5, 0.6) is 0 Å². The van der Waals surface area contributed by atoms with Crippen molar-refractivity contribution in [1.82, 2.24) is 20.8 Å². The molecule has 0 radical (unpaired) electrons. The molecule has 2 N–H and O–H groups in total. The van der Waals surface area contributed by atoms with Crippen molar-refractivity contribution in [3.63, 3.8) is 0 Å². The number of nitrogens with zero attached hydrogens (tertiary/aromatic N) is 3. The van der Waals surface area contributed by atoms with Gasteiger partial charge in [0.2, 0.25) is 5.95 Å². The number of rotatable bonds is 4. The molecule has 35 heavy (non-hydrogen) atoms. The zero-order valence-corrected chi connectivity index (χ0v) is 18.3. The van der Waals surface area contributed by atoms with E-state index in [1.54, 1.807) is 0 Å². The maximum atomic E-state index is 14.3. The summed E-state index contributed by atoms with van der Waals surface area (Å²) in [6.45, 7) is -1.05. The van der Waals surface area contributed by atoms with Crippen molar-refractivity contribution in [2.45, 2.75) is 30.2 Å². The van der Waals surface area contributed by atoms with Gasteiger partial charge in [-0.25, -0.2) is 15.4 Å². The number of nitrogens with one attached hydrogen (secondary N) is 2. The van der Waals surface area contributed by atoms with Gasteiger partial charge in [-0.05, 0) is 30.2 Å². The molecular weight excluding hydrogens is 508 g/mol. The van der Waals surface area contributed by atoms with Crippen LogP contribution in [0, 0.1) is 0 Å². The van der Waals surface area contributed by atoms with Crippen molar-refractivity contribution in [3.05, 3.63) is 52.3 Å². The van der Waals surface area contributed by atoms with Crippen molar-refractivity contribution < 1.29 is 40.8 Å². The highest BCUT2D eigenvalue weighted by Gasteiger charge is 2.59. The predicted octanol–water partition coefficient (Wildman–Crippen LogP) is 3.02. The van der Waals surface area contributed by atoms with Crippen molar-refractivity contribution in [3.8, 4) is 0 Å². The number of hydroxylamine groups is 1. The van der Waals surface area contributed by atoms with Gasteiger partial charge >= 0.3 is 12.4 Å². The first-order valence-electron chi connectivity index (χ1n) is 10.0. The van der Waals surface area contributed by atoms with Gasteiger partial charge in [0, 0.05) is 30.5 Å². The van der Waals surface area contributed by atoms with Crippen LogP contribution in [0.2, 0.25) is 5.02 Å². The van der Waals surface area contributed by atoms with Gasteiger partial charge in [0.05, 0.1) is 11.1 Å². The van der Waals surface area contributed by atoms with E-state index in [2.05, 4.69) is 20.8 Å². The average molecular weight is 524 g/mol. The van der Waals surface area contributed by atoms with Crippen LogP contribution in [0.1, 0.15) is 27.9 Å². The molecule has 3 heterocycles. The third-order valence-corrected chi connectivity index (χ3v) is 6.04. The largest absolute Gasteiger partial charge is 0.416 e. The molecule has 0 aliphatic carbocycles. The van der Waals surface area contributed by atoms with E-state index >= 15 is 0 Å². The molecule has 0 saturated carbocycles. The van der Waals surface area contributed by atoms with Crippen molar-refractivity contribution in [2.24, 2.45) is 0 Å². The van der Waals surface area contributed by atoms with Crippen molar-refractivity contribution >= 4 is 29.4 Å². The van der Waals surface area contributed by atoms with E-state index in [1.165, 1.54) is 4.90 Å². The molecule has 2 amide bonds. The molecule has 0 spiro atoms. The number of carbonyl (C=O) groups is 2. The molecule has 15 heteroatoms. The second-order valence-corrected chi connectivity index (χ2v) is 8.49. The lowest BCUT2D eigenvalue weighted by Gasteiger charge is -2.33. The van der Waals surface area contributed by atoms with E-state index in [1.807, 2.05) is 0 Å². The van der Waals surface area contributed by atoms with E-state index in [9.17, 15) is 35.9 Å². The Kier molecular flexibility index (Phi) is 6.30. The molecule has 2 fully saturated rings. The molecule has 0 bridgehead atoms. The highest BCUT2D eigenvalue weighted by atomic mass is 35.5. The van der Waals surface area contributed by atoms with E-state index < -0.39 is 64.7 Å². The molecule has 1 aromatic carbocycles. The number of amides is 2. The number of aromatic nitrogens is 2. The number of benzene rings is 1. The first-order chi connectivity index (χ1) is 16.3. The maximum Gasteiger partial charge on any atom is 0.416 e. The number of halogens is 7. The van der Waals surface area contributed by atoms with Gasteiger partial charge in [-0.2, -0.15) is 26.3 Å². The Bertz CT molecular complexity index is 1140. The van der Waals surface area contributed by atoms with Gasteiger partial charge in [0.25, 0.3) is 11.8 Å². The minimum atomic E-state index is -4.90. The Hall–Kier alpha value is -3.13. The molecule has 4 rings (SSSR count). The van der Waals surface area contributed by atoms with E-state index in [0.717, 1.165) is 18.5 Å². The topological polar surface area (TPSA) is 96.5 Å². The highest BCUT2D eigenvalue weighted by molar-refractivity contribution is 6.30. The summed E-state index contributed by atoms with van der Waals surface area (Å²) in [5.74, 6) is -1.40. The molecule has 1 aromatic heterocycles. The molecule has 2 aromatic rings. The fraction of sp³-hybridized carbons (Fsp3) is 0.400. The Morgan fingerprint density at radius 2 is 1.86 bits per heavy atom. The summed E-state index contributed by atoms with van der Waals surface area (Å²) in [4.78, 5) is 37.5. The van der Waals surface area contributed by atoms with Crippen molar-refractivity contribution in [1.29, 1.82) is 0 Å². The standard InChI is InChI=1S/C20H16ClF6N5O3/c21-13-4-11(3-12(5-13)19(22,23)24)18(20(25,26)27)1-2-32(9-18)17-28-6-10(7-29-17)15(33)30-14-8-35-31-16(14)34/h3-7,14H,1-2,8-9H2,(H,30,33)(H,31,34). The van der Waals surface area contributed by atoms with Crippen LogP contribution >= 0.6 is 11.6 Å². The monoisotopic (exact) mass is 523 g/mol. The van der Waals surface area contributed by atoms with Crippen LogP contribution in [-0.2, 0) is 21.2 Å². The van der Waals surface area contributed by atoms with Crippen LogP contribution in [0.25, 0.3) is 0 Å².